The van der Waals surface area contributed by atoms with E-state index in [1.165, 1.54) is 12.1 Å². The molecule has 8 nitrogen and oxygen atoms in total. The Morgan fingerprint density at radius 2 is 1.79 bits per heavy atom. The summed E-state index contributed by atoms with van der Waals surface area (Å²) in [6.45, 7) is 1.89. The van der Waals surface area contributed by atoms with Gasteiger partial charge in [-0.05, 0) is 61.2 Å². The molecule has 1 aromatic heterocycles. The van der Waals surface area contributed by atoms with Gasteiger partial charge in [0, 0.05) is 30.2 Å². The lowest BCUT2D eigenvalue weighted by molar-refractivity contribution is -0.125. The maximum atomic E-state index is 12.7. The minimum atomic E-state index is -3.70. The van der Waals surface area contributed by atoms with Crippen LogP contribution in [0.4, 0.5) is 5.82 Å². The van der Waals surface area contributed by atoms with E-state index in [1.54, 1.807) is 12.1 Å². The number of aromatic nitrogens is 2. The summed E-state index contributed by atoms with van der Waals surface area (Å²) in [5, 5.41) is 17.5. The number of carbonyl (C=O) groups is 1. The van der Waals surface area contributed by atoms with Gasteiger partial charge in [0.1, 0.15) is 0 Å². The predicted molar refractivity (Wildman–Crippen MR) is 132 cm³/mol. The first-order chi connectivity index (χ1) is 16.3. The number of rotatable bonds is 7. The van der Waals surface area contributed by atoms with Crippen LogP contribution >= 0.6 is 11.6 Å². The number of hydrogen-bond donors (Lipinski definition) is 2. The van der Waals surface area contributed by atoms with Gasteiger partial charge in [-0.3, -0.25) is 4.79 Å². The molecule has 2 heterocycles. The number of nitrogens with one attached hydrogen (secondary N) is 1. The van der Waals surface area contributed by atoms with E-state index in [9.17, 15) is 13.2 Å². The summed E-state index contributed by atoms with van der Waals surface area (Å²) >= 11 is 5.95. The van der Waals surface area contributed by atoms with Gasteiger partial charge in [-0.25, -0.2) is 13.6 Å². The Labute approximate surface area is 204 Å². The van der Waals surface area contributed by atoms with Gasteiger partial charge in [-0.1, -0.05) is 35.9 Å². The molecule has 0 radical (unpaired) electrons. The van der Waals surface area contributed by atoms with Crippen molar-refractivity contribution < 1.29 is 13.2 Å². The van der Waals surface area contributed by atoms with E-state index < -0.39 is 10.0 Å². The number of amides is 1. The van der Waals surface area contributed by atoms with Crippen molar-refractivity contribution in [1.82, 2.24) is 15.5 Å². The molecule has 3 N–H and O–H groups in total. The third kappa shape index (κ3) is 6.11. The van der Waals surface area contributed by atoms with Crippen LogP contribution in [0.1, 0.15) is 18.4 Å². The molecule has 34 heavy (non-hydrogen) atoms. The van der Waals surface area contributed by atoms with Gasteiger partial charge in [0.25, 0.3) is 0 Å². The maximum absolute atomic E-state index is 12.7. The second-order valence-electron chi connectivity index (χ2n) is 8.30. The van der Waals surface area contributed by atoms with Crippen molar-refractivity contribution in [2.75, 3.05) is 24.5 Å². The quantitative estimate of drug-likeness (QED) is 0.516. The molecule has 3 aromatic rings. The molecule has 4 rings (SSSR count). The normalized spacial score (nSPS) is 16.3. The van der Waals surface area contributed by atoms with E-state index in [4.69, 9.17) is 16.7 Å². The maximum Gasteiger partial charge on any atom is 0.238 e. The first-order valence-electron chi connectivity index (χ1n) is 11.0. The highest BCUT2D eigenvalue weighted by atomic mass is 35.5. The van der Waals surface area contributed by atoms with Crippen LogP contribution < -0.4 is 15.4 Å². The lowest BCUT2D eigenvalue weighted by Crippen LogP contribution is -2.43. The third-order valence-corrected chi connectivity index (χ3v) is 7.05. The number of nitrogens with two attached hydrogens (primary N) is 1. The van der Waals surface area contributed by atoms with E-state index in [0.717, 1.165) is 42.0 Å². The minimum Gasteiger partial charge on any atom is -0.355 e. The average molecular weight is 500 g/mol. The Morgan fingerprint density at radius 3 is 2.44 bits per heavy atom. The number of carbonyl (C=O) groups excluding carboxylic acids is 1. The monoisotopic (exact) mass is 499 g/mol. The topological polar surface area (TPSA) is 118 Å². The van der Waals surface area contributed by atoms with Crippen molar-refractivity contribution in [3.63, 3.8) is 0 Å². The molecule has 1 aliphatic heterocycles. The molecule has 10 heteroatoms. The highest BCUT2D eigenvalue weighted by molar-refractivity contribution is 7.89. The average Bonchev–Trinajstić information content (AvgIpc) is 2.84. The molecular formula is C24H26ClN5O3S. The highest BCUT2D eigenvalue weighted by Gasteiger charge is 2.26. The number of sulfonamides is 1. The number of halogens is 1. The Bertz CT molecular complexity index is 1230. The van der Waals surface area contributed by atoms with Crippen molar-refractivity contribution in [3.05, 3.63) is 71.2 Å². The van der Waals surface area contributed by atoms with Crippen LogP contribution in [0.25, 0.3) is 11.3 Å². The van der Waals surface area contributed by atoms with Gasteiger partial charge < -0.3 is 10.2 Å². The van der Waals surface area contributed by atoms with Crippen LogP contribution in [-0.2, 0) is 21.2 Å². The molecule has 1 aliphatic rings. The molecule has 1 atom stereocenters. The zero-order valence-electron chi connectivity index (χ0n) is 18.5. The van der Waals surface area contributed by atoms with E-state index in [0.29, 0.717) is 24.5 Å². The molecule has 0 saturated carbocycles. The van der Waals surface area contributed by atoms with Crippen LogP contribution in [0.3, 0.4) is 0 Å². The van der Waals surface area contributed by atoms with Crippen molar-refractivity contribution in [2.24, 2.45) is 11.1 Å². The molecule has 0 spiro atoms. The lowest BCUT2D eigenvalue weighted by Gasteiger charge is -2.32. The molecule has 0 bridgehead atoms. The first-order valence-corrected chi connectivity index (χ1v) is 13.0. The molecule has 1 saturated heterocycles. The zero-order chi connectivity index (χ0) is 24.1. The van der Waals surface area contributed by atoms with E-state index in [1.807, 2.05) is 36.4 Å². The fraction of sp³-hybridized carbons (Fsp3) is 0.292. The number of piperidine rings is 1. The van der Waals surface area contributed by atoms with Crippen molar-refractivity contribution in [1.29, 1.82) is 0 Å². The Morgan fingerprint density at radius 1 is 1.06 bits per heavy atom. The molecule has 0 aliphatic carbocycles. The summed E-state index contributed by atoms with van der Waals surface area (Å²) in [7, 11) is -3.70. The Balaban J connectivity index is 1.30. The van der Waals surface area contributed by atoms with Gasteiger partial charge in [-0.2, -0.15) is 0 Å². The third-order valence-electron chi connectivity index (χ3n) is 5.87. The van der Waals surface area contributed by atoms with Crippen LogP contribution in [0.15, 0.2) is 65.6 Å². The summed E-state index contributed by atoms with van der Waals surface area (Å²) in [6, 6.07) is 17.7. The second-order valence-corrected chi connectivity index (χ2v) is 10.3. The van der Waals surface area contributed by atoms with Gasteiger partial charge in [0.2, 0.25) is 15.9 Å². The predicted octanol–water partition coefficient (Wildman–Crippen LogP) is 3.02. The molecule has 2 aromatic carbocycles. The Kier molecular flexibility index (Phi) is 7.45. The molecule has 1 unspecified atom stereocenters. The number of anilines is 1. The minimum absolute atomic E-state index is 0.0107. The first kappa shape index (κ1) is 24.1. The summed E-state index contributed by atoms with van der Waals surface area (Å²) < 4.78 is 22.7. The van der Waals surface area contributed by atoms with Crippen molar-refractivity contribution in [3.8, 4) is 11.3 Å². The highest BCUT2D eigenvalue weighted by Crippen LogP contribution is 2.24. The Hall–Kier alpha value is -3.01. The number of hydrogen-bond acceptors (Lipinski definition) is 6. The number of benzene rings is 2. The lowest BCUT2D eigenvalue weighted by atomic mass is 9.97. The molecule has 1 fully saturated rings. The van der Waals surface area contributed by atoms with E-state index in [-0.39, 0.29) is 16.7 Å². The summed E-state index contributed by atoms with van der Waals surface area (Å²) in [6.07, 6.45) is 2.32. The van der Waals surface area contributed by atoms with Gasteiger partial charge >= 0.3 is 0 Å². The second kappa shape index (κ2) is 10.5. The largest absolute Gasteiger partial charge is 0.355 e. The fourth-order valence-electron chi connectivity index (χ4n) is 3.99. The van der Waals surface area contributed by atoms with Crippen molar-refractivity contribution >= 4 is 33.3 Å². The van der Waals surface area contributed by atoms with Crippen molar-refractivity contribution in [2.45, 2.75) is 24.2 Å². The van der Waals surface area contributed by atoms with Crippen LogP contribution in [0, 0.1) is 5.92 Å². The van der Waals surface area contributed by atoms with Crippen LogP contribution in [0.5, 0.6) is 0 Å². The smallest absolute Gasteiger partial charge is 0.238 e. The summed E-state index contributed by atoms with van der Waals surface area (Å²) in [5.74, 6) is 0.637. The van der Waals surface area contributed by atoms with Gasteiger partial charge in [0.15, 0.2) is 5.82 Å². The number of primary sulfonamides is 1. The fourth-order valence-corrected chi connectivity index (χ4v) is 4.63. The molecular weight excluding hydrogens is 474 g/mol. The number of nitrogens with zero attached hydrogens (tertiary/aromatic N) is 3. The standard InChI is InChI=1S/C24H26ClN5O3S/c25-20-7-5-18(6-8-20)22-11-12-23(29-28-22)30-15-1-2-19(16-30)24(31)27-14-13-17-3-9-21(10-4-17)34(26,32)33/h3-12,19H,1-2,13-16H2,(H,27,31)(H2,26,32,33). The van der Waals surface area contributed by atoms with Gasteiger partial charge in [0.05, 0.1) is 16.5 Å². The van der Waals surface area contributed by atoms with E-state index >= 15 is 0 Å². The molecule has 1 amide bonds. The summed E-state index contributed by atoms with van der Waals surface area (Å²) in [4.78, 5) is 14.9. The molecule has 178 valence electrons. The zero-order valence-corrected chi connectivity index (χ0v) is 20.1. The van der Waals surface area contributed by atoms with Crippen LogP contribution in [-0.4, -0.2) is 44.2 Å². The van der Waals surface area contributed by atoms with E-state index in [2.05, 4.69) is 20.4 Å². The van der Waals surface area contributed by atoms with Gasteiger partial charge in [-0.15, -0.1) is 10.2 Å². The summed E-state index contributed by atoms with van der Waals surface area (Å²) in [5.41, 5.74) is 2.64. The SMILES string of the molecule is NS(=O)(=O)c1ccc(CCNC(=O)C2CCCN(c3ccc(-c4ccc(Cl)cc4)nn3)C2)cc1. The van der Waals surface area contributed by atoms with Crippen LogP contribution in [0.2, 0.25) is 5.02 Å².